The van der Waals surface area contributed by atoms with Crippen LogP contribution in [0.25, 0.3) is 0 Å². The highest BCUT2D eigenvalue weighted by atomic mass is 16.4. The summed E-state index contributed by atoms with van der Waals surface area (Å²) in [5, 5.41) is 16.3. The molecule has 0 saturated carbocycles. The number of carboxylic acid groups (broad SMARTS) is 1. The second-order valence-corrected chi connectivity index (χ2v) is 2.82. The number of carboxylic acids is 1. The van der Waals surface area contributed by atoms with E-state index in [0.29, 0.717) is 5.69 Å². The number of hydrogen-bond acceptors (Lipinski definition) is 3. The SMILES string of the molecule is CC(C)n1ncc(CC(=O)O)n1. The minimum Gasteiger partial charge on any atom is -0.481 e. The Morgan fingerprint density at radius 2 is 2.42 bits per heavy atom. The fourth-order valence-electron chi connectivity index (χ4n) is 0.794. The second-order valence-electron chi connectivity index (χ2n) is 2.82. The van der Waals surface area contributed by atoms with Gasteiger partial charge in [-0.1, -0.05) is 0 Å². The summed E-state index contributed by atoms with van der Waals surface area (Å²) >= 11 is 0. The lowest BCUT2D eigenvalue weighted by molar-refractivity contribution is -0.136. The van der Waals surface area contributed by atoms with E-state index in [0.717, 1.165) is 0 Å². The van der Waals surface area contributed by atoms with Gasteiger partial charge in [-0.3, -0.25) is 4.79 Å². The van der Waals surface area contributed by atoms with Crippen molar-refractivity contribution in [2.24, 2.45) is 0 Å². The molecular formula is C7H11N3O2. The lowest BCUT2D eigenvalue weighted by Gasteiger charge is -2.00. The van der Waals surface area contributed by atoms with Crippen molar-refractivity contribution in [1.29, 1.82) is 0 Å². The van der Waals surface area contributed by atoms with Crippen molar-refractivity contribution < 1.29 is 9.90 Å². The molecule has 1 aromatic rings. The predicted octanol–water partition coefficient (Wildman–Crippen LogP) is 0.486. The Morgan fingerprint density at radius 1 is 1.75 bits per heavy atom. The molecule has 0 unspecified atom stereocenters. The normalized spacial score (nSPS) is 10.6. The van der Waals surface area contributed by atoms with Crippen molar-refractivity contribution in [1.82, 2.24) is 15.0 Å². The summed E-state index contributed by atoms with van der Waals surface area (Å²) in [4.78, 5) is 11.8. The van der Waals surface area contributed by atoms with Crippen molar-refractivity contribution in [3.63, 3.8) is 0 Å². The van der Waals surface area contributed by atoms with E-state index >= 15 is 0 Å². The third kappa shape index (κ3) is 2.05. The predicted molar refractivity (Wildman–Crippen MR) is 41.7 cm³/mol. The van der Waals surface area contributed by atoms with Gasteiger partial charge in [0.15, 0.2) is 0 Å². The number of rotatable bonds is 3. The van der Waals surface area contributed by atoms with Crippen LogP contribution in [0, 0.1) is 0 Å². The maximum absolute atomic E-state index is 10.3. The minimum atomic E-state index is -0.884. The van der Waals surface area contributed by atoms with Crippen molar-refractivity contribution >= 4 is 5.97 Å². The van der Waals surface area contributed by atoms with Crippen molar-refractivity contribution in [2.75, 3.05) is 0 Å². The van der Waals surface area contributed by atoms with Crippen LogP contribution in [0.3, 0.4) is 0 Å². The topological polar surface area (TPSA) is 68.0 Å². The van der Waals surface area contributed by atoms with Gasteiger partial charge in [-0.15, -0.1) is 0 Å². The first-order valence-electron chi connectivity index (χ1n) is 3.72. The number of nitrogens with zero attached hydrogens (tertiary/aromatic N) is 3. The molecule has 0 amide bonds. The lowest BCUT2D eigenvalue weighted by Crippen LogP contribution is -2.06. The van der Waals surface area contributed by atoms with Gasteiger partial charge >= 0.3 is 5.97 Å². The van der Waals surface area contributed by atoms with Crippen LogP contribution in [0.2, 0.25) is 0 Å². The molecule has 5 nitrogen and oxygen atoms in total. The second kappa shape index (κ2) is 3.34. The van der Waals surface area contributed by atoms with Gasteiger partial charge in [0.05, 0.1) is 24.4 Å². The molecule has 0 aliphatic rings. The van der Waals surface area contributed by atoms with Gasteiger partial charge in [0, 0.05) is 0 Å². The van der Waals surface area contributed by atoms with Crippen molar-refractivity contribution in [3.8, 4) is 0 Å². The monoisotopic (exact) mass is 169 g/mol. The molecule has 0 atom stereocenters. The van der Waals surface area contributed by atoms with Crippen LogP contribution in [0.5, 0.6) is 0 Å². The van der Waals surface area contributed by atoms with Gasteiger partial charge in [0.2, 0.25) is 0 Å². The smallest absolute Gasteiger partial charge is 0.309 e. The fraction of sp³-hybridized carbons (Fsp3) is 0.571. The van der Waals surface area contributed by atoms with Gasteiger partial charge in [-0.05, 0) is 13.8 Å². The molecule has 1 aromatic heterocycles. The van der Waals surface area contributed by atoms with Crippen LogP contribution in [0.1, 0.15) is 25.6 Å². The highest BCUT2D eigenvalue weighted by Gasteiger charge is 2.06. The number of hydrogen-bond donors (Lipinski definition) is 1. The number of aromatic nitrogens is 3. The van der Waals surface area contributed by atoms with Crippen molar-refractivity contribution in [2.45, 2.75) is 26.3 Å². The Labute approximate surface area is 70.0 Å². The average Bonchev–Trinajstić information content (AvgIpc) is 2.34. The highest BCUT2D eigenvalue weighted by molar-refractivity contribution is 5.69. The van der Waals surface area contributed by atoms with Gasteiger partial charge in [-0.2, -0.15) is 15.0 Å². The summed E-state index contributed by atoms with van der Waals surface area (Å²) in [6.45, 7) is 3.87. The molecule has 1 N–H and O–H groups in total. The van der Waals surface area contributed by atoms with E-state index in [1.54, 1.807) is 0 Å². The van der Waals surface area contributed by atoms with Gasteiger partial charge in [-0.25, -0.2) is 0 Å². The zero-order chi connectivity index (χ0) is 9.14. The molecule has 0 aromatic carbocycles. The Balaban J connectivity index is 2.70. The Kier molecular flexibility index (Phi) is 2.42. The first-order chi connectivity index (χ1) is 5.59. The Morgan fingerprint density at radius 3 is 2.83 bits per heavy atom. The first-order valence-corrected chi connectivity index (χ1v) is 3.72. The van der Waals surface area contributed by atoms with E-state index in [1.807, 2.05) is 13.8 Å². The molecular weight excluding hydrogens is 158 g/mol. The lowest BCUT2D eigenvalue weighted by atomic mass is 10.3. The van der Waals surface area contributed by atoms with Gasteiger partial charge < -0.3 is 5.11 Å². The molecule has 0 spiro atoms. The van der Waals surface area contributed by atoms with E-state index in [1.165, 1.54) is 11.0 Å². The third-order valence-electron chi connectivity index (χ3n) is 1.35. The molecule has 5 heteroatoms. The zero-order valence-corrected chi connectivity index (χ0v) is 7.06. The molecule has 0 fully saturated rings. The quantitative estimate of drug-likeness (QED) is 0.714. The summed E-state index contributed by atoms with van der Waals surface area (Å²) in [5.74, 6) is -0.884. The molecule has 0 bridgehead atoms. The molecule has 66 valence electrons. The summed E-state index contributed by atoms with van der Waals surface area (Å²) in [5.41, 5.74) is 0.496. The Bertz CT molecular complexity index is 280. The minimum absolute atomic E-state index is 0.0628. The van der Waals surface area contributed by atoms with Crippen LogP contribution in [0.15, 0.2) is 6.20 Å². The zero-order valence-electron chi connectivity index (χ0n) is 7.06. The number of aliphatic carboxylic acids is 1. The van der Waals surface area contributed by atoms with Crippen LogP contribution < -0.4 is 0 Å². The number of carbonyl (C=O) groups is 1. The van der Waals surface area contributed by atoms with Crippen LogP contribution in [-0.4, -0.2) is 26.1 Å². The van der Waals surface area contributed by atoms with E-state index in [2.05, 4.69) is 10.2 Å². The molecule has 1 rings (SSSR count). The van der Waals surface area contributed by atoms with E-state index in [-0.39, 0.29) is 12.5 Å². The molecule has 1 heterocycles. The fourth-order valence-corrected chi connectivity index (χ4v) is 0.794. The van der Waals surface area contributed by atoms with Crippen LogP contribution in [0.4, 0.5) is 0 Å². The molecule has 0 aliphatic heterocycles. The maximum Gasteiger partial charge on any atom is 0.309 e. The third-order valence-corrected chi connectivity index (χ3v) is 1.35. The molecule has 0 aliphatic carbocycles. The molecule has 0 saturated heterocycles. The van der Waals surface area contributed by atoms with Gasteiger partial charge in [0.25, 0.3) is 0 Å². The summed E-state index contributed by atoms with van der Waals surface area (Å²) in [7, 11) is 0. The van der Waals surface area contributed by atoms with E-state index < -0.39 is 5.97 Å². The first kappa shape index (κ1) is 8.70. The summed E-state index contributed by atoms with van der Waals surface area (Å²) in [6, 6.07) is 0.174. The highest BCUT2D eigenvalue weighted by Crippen LogP contribution is 2.00. The van der Waals surface area contributed by atoms with Gasteiger partial charge in [0.1, 0.15) is 0 Å². The maximum atomic E-state index is 10.3. The van der Waals surface area contributed by atoms with E-state index in [4.69, 9.17) is 5.11 Å². The average molecular weight is 169 g/mol. The van der Waals surface area contributed by atoms with Crippen LogP contribution >= 0.6 is 0 Å². The summed E-state index contributed by atoms with van der Waals surface area (Å²) < 4.78 is 0. The van der Waals surface area contributed by atoms with Crippen LogP contribution in [-0.2, 0) is 11.2 Å². The van der Waals surface area contributed by atoms with E-state index in [9.17, 15) is 4.79 Å². The standard InChI is InChI=1S/C7H11N3O2/c1-5(2)10-8-4-6(9-10)3-7(11)12/h4-5H,3H2,1-2H3,(H,11,12). The summed E-state index contributed by atoms with van der Waals surface area (Å²) in [6.07, 6.45) is 1.42. The molecule has 12 heavy (non-hydrogen) atoms. The largest absolute Gasteiger partial charge is 0.481 e. The van der Waals surface area contributed by atoms with Crippen molar-refractivity contribution in [3.05, 3.63) is 11.9 Å². The molecule has 0 radical (unpaired) electrons. The Hall–Kier alpha value is -1.39.